The smallest absolute Gasteiger partial charge is 0.164 e. The van der Waals surface area contributed by atoms with Gasteiger partial charge in [0.2, 0.25) is 0 Å². The van der Waals surface area contributed by atoms with Crippen molar-refractivity contribution >= 4 is 11.5 Å². The fourth-order valence-electron chi connectivity index (χ4n) is 2.67. The molecule has 4 nitrogen and oxygen atoms in total. The Labute approximate surface area is 139 Å². The molecule has 1 aromatic heterocycles. The van der Waals surface area contributed by atoms with Gasteiger partial charge in [0.25, 0.3) is 0 Å². The van der Waals surface area contributed by atoms with Gasteiger partial charge in [0.15, 0.2) is 5.78 Å². The van der Waals surface area contributed by atoms with Gasteiger partial charge >= 0.3 is 0 Å². The van der Waals surface area contributed by atoms with Crippen molar-refractivity contribution in [3.63, 3.8) is 0 Å². The van der Waals surface area contributed by atoms with E-state index >= 15 is 0 Å². The number of aromatic nitrogens is 2. The van der Waals surface area contributed by atoms with Gasteiger partial charge in [-0.25, -0.2) is 4.39 Å². The molecule has 0 aliphatic rings. The molecule has 0 saturated carbocycles. The van der Waals surface area contributed by atoms with Gasteiger partial charge in [-0.15, -0.1) is 0 Å². The number of halogens is 1. The largest absolute Gasteiger partial charge is 0.380 e. The van der Waals surface area contributed by atoms with Crippen LogP contribution in [0.3, 0.4) is 0 Å². The lowest BCUT2D eigenvalue weighted by atomic mass is 10.1. The number of Topliss-reactive ketones (excluding diaryl/α,β-unsaturated/α-hetero) is 1. The highest BCUT2D eigenvalue weighted by Crippen LogP contribution is 2.21. The molecule has 1 N–H and O–H groups in total. The van der Waals surface area contributed by atoms with Crippen LogP contribution in [0, 0.1) is 5.82 Å². The van der Waals surface area contributed by atoms with Crippen LogP contribution in [-0.4, -0.2) is 15.6 Å². The quantitative estimate of drug-likeness (QED) is 0.700. The third-order valence-corrected chi connectivity index (χ3v) is 3.84. The molecule has 2 aromatic carbocycles. The maximum atomic E-state index is 13.9. The molecule has 0 atom stereocenters. The summed E-state index contributed by atoms with van der Waals surface area (Å²) in [5.41, 5.74) is 2.81. The summed E-state index contributed by atoms with van der Waals surface area (Å²) in [5, 5.41) is 7.40. The fourth-order valence-corrected chi connectivity index (χ4v) is 2.67. The lowest BCUT2D eigenvalue weighted by Gasteiger charge is -2.14. The molecule has 24 heavy (non-hydrogen) atoms. The van der Waals surface area contributed by atoms with E-state index in [1.54, 1.807) is 18.3 Å². The molecular weight excluding hydrogens is 305 g/mol. The second kappa shape index (κ2) is 7.08. The lowest BCUT2D eigenvalue weighted by molar-refractivity contribution is 0.101. The summed E-state index contributed by atoms with van der Waals surface area (Å²) in [6.07, 6.45) is 3.65. The van der Waals surface area contributed by atoms with Crippen molar-refractivity contribution in [3.8, 4) is 0 Å². The Hall–Kier alpha value is -2.95. The van der Waals surface area contributed by atoms with Gasteiger partial charge in [0, 0.05) is 24.6 Å². The minimum atomic E-state index is -0.502. The van der Waals surface area contributed by atoms with E-state index in [2.05, 4.69) is 10.4 Å². The third kappa shape index (κ3) is 3.51. The summed E-state index contributed by atoms with van der Waals surface area (Å²) in [7, 11) is 0. The van der Waals surface area contributed by atoms with Crippen molar-refractivity contribution < 1.29 is 9.18 Å². The van der Waals surface area contributed by atoms with Crippen LogP contribution in [0.25, 0.3) is 0 Å². The van der Waals surface area contributed by atoms with Crippen molar-refractivity contribution in [1.29, 1.82) is 0 Å². The van der Waals surface area contributed by atoms with Gasteiger partial charge in [-0.1, -0.05) is 30.3 Å². The van der Waals surface area contributed by atoms with Gasteiger partial charge < -0.3 is 5.32 Å². The minimum Gasteiger partial charge on any atom is -0.380 e. The molecule has 0 unspecified atom stereocenters. The average molecular weight is 323 g/mol. The predicted octanol–water partition coefficient (Wildman–Crippen LogP) is 3.89. The summed E-state index contributed by atoms with van der Waals surface area (Å²) in [6, 6.07) is 14.5. The fraction of sp³-hybridized carbons (Fsp3) is 0.158. The third-order valence-electron chi connectivity index (χ3n) is 3.84. The Bertz CT molecular complexity index is 844. The van der Waals surface area contributed by atoms with Gasteiger partial charge in [-0.3, -0.25) is 9.48 Å². The highest BCUT2D eigenvalue weighted by Gasteiger charge is 2.13. The van der Waals surface area contributed by atoms with Crippen LogP contribution in [0.5, 0.6) is 0 Å². The minimum absolute atomic E-state index is 0.0991. The van der Waals surface area contributed by atoms with Gasteiger partial charge in [0.05, 0.1) is 12.1 Å². The number of carbonyl (C=O) groups excluding carboxylic acids is 1. The van der Waals surface area contributed by atoms with Crippen LogP contribution in [0.1, 0.15) is 28.4 Å². The normalized spacial score (nSPS) is 10.6. The molecule has 0 radical (unpaired) electrons. The SMILES string of the molecule is CC(=O)c1c(F)cccc1NCc1ccccc1Cn1cccn1. The molecule has 0 aliphatic heterocycles. The molecule has 122 valence electrons. The van der Waals surface area contributed by atoms with Crippen LogP contribution < -0.4 is 5.32 Å². The van der Waals surface area contributed by atoms with E-state index < -0.39 is 5.82 Å². The molecule has 0 bridgehead atoms. The summed E-state index contributed by atoms with van der Waals surface area (Å²) < 4.78 is 15.7. The molecule has 3 aromatic rings. The number of nitrogens with one attached hydrogen (secondary N) is 1. The highest BCUT2D eigenvalue weighted by atomic mass is 19.1. The molecule has 3 rings (SSSR count). The van der Waals surface area contributed by atoms with E-state index in [4.69, 9.17) is 0 Å². The van der Waals surface area contributed by atoms with Crippen molar-refractivity contribution in [2.24, 2.45) is 0 Å². The molecule has 0 fully saturated rings. The van der Waals surface area contributed by atoms with E-state index in [1.165, 1.54) is 13.0 Å². The molecule has 5 heteroatoms. The van der Waals surface area contributed by atoms with Crippen molar-refractivity contribution in [2.45, 2.75) is 20.0 Å². The number of carbonyl (C=O) groups is 1. The summed E-state index contributed by atoms with van der Waals surface area (Å²) in [5.74, 6) is -0.794. The number of rotatable bonds is 6. The van der Waals surface area contributed by atoms with E-state index in [-0.39, 0.29) is 11.3 Å². The monoisotopic (exact) mass is 323 g/mol. The first-order chi connectivity index (χ1) is 11.6. The van der Waals surface area contributed by atoms with Crippen LogP contribution in [0.15, 0.2) is 60.9 Å². The van der Waals surface area contributed by atoms with Gasteiger partial charge in [-0.05, 0) is 36.2 Å². The Morgan fingerprint density at radius 2 is 1.92 bits per heavy atom. The number of benzene rings is 2. The molecular formula is C19H18FN3O. The first-order valence-corrected chi connectivity index (χ1v) is 7.72. The topological polar surface area (TPSA) is 46.9 Å². The number of ketones is 1. The van der Waals surface area contributed by atoms with Crippen LogP contribution >= 0.6 is 0 Å². The maximum Gasteiger partial charge on any atom is 0.164 e. The highest BCUT2D eigenvalue weighted by molar-refractivity contribution is 5.99. The zero-order chi connectivity index (χ0) is 16.9. The van der Waals surface area contributed by atoms with Gasteiger partial charge in [0.1, 0.15) is 5.82 Å². The molecule has 1 heterocycles. The van der Waals surface area contributed by atoms with Crippen molar-refractivity contribution in [1.82, 2.24) is 9.78 Å². The molecule has 0 spiro atoms. The van der Waals surface area contributed by atoms with E-state index in [0.29, 0.717) is 18.8 Å². The summed E-state index contributed by atoms with van der Waals surface area (Å²) >= 11 is 0. The molecule has 0 amide bonds. The number of nitrogens with zero attached hydrogens (tertiary/aromatic N) is 2. The summed E-state index contributed by atoms with van der Waals surface area (Å²) in [4.78, 5) is 11.7. The number of hydrogen-bond acceptors (Lipinski definition) is 3. The van der Waals surface area contributed by atoms with E-state index in [9.17, 15) is 9.18 Å². The van der Waals surface area contributed by atoms with Gasteiger partial charge in [-0.2, -0.15) is 5.10 Å². The maximum absolute atomic E-state index is 13.9. The lowest BCUT2D eigenvalue weighted by Crippen LogP contribution is -2.10. The van der Waals surface area contributed by atoms with E-state index in [0.717, 1.165) is 11.1 Å². The van der Waals surface area contributed by atoms with Crippen LogP contribution in [0.4, 0.5) is 10.1 Å². The average Bonchev–Trinajstić information content (AvgIpc) is 3.06. The zero-order valence-corrected chi connectivity index (χ0v) is 13.4. The summed E-state index contributed by atoms with van der Waals surface area (Å²) in [6.45, 7) is 2.53. The number of hydrogen-bond donors (Lipinski definition) is 1. The Morgan fingerprint density at radius 1 is 1.12 bits per heavy atom. The van der Waals surface area contributed by atoms with E-state index in [1.807, 2.05) is 41.2 Å². The Balaban J connectivity index is 1.81. The second-order valence-electron chi connectivity index (χ2n) is 5.54. The van der Waals surface area contributed by atoms with Crippen LogP contribution in [-0.2, 0) is 13.1 Å². The standard InChI is InChI=1S/C19H18FN3O/c1-14(24)19-17(20)8-4-9-18(19)21-12-15-6-2-3-7-16(15)13-23-11-5-10-22-23/h2-11,21H,12-13H2,1H3. The van der Waals surface area contributed by atoms with Crippen LogP contribution in [0.2, 0.25) is 0 Å². The van der Waals surface area contributed by atoms with Crippen molar-refractivity contribution in [2.75, 3.05) is 5.32 Å². The molecule has 0 saturated heterocycles. The van der Waals surface area contributed by atoms with Crippen molar-refractivity contribution in [3.05, 3.63) is 83.4 Å². The molecule has 0 aliphatic carbocycles. The first-order valence-electron chi connectivity index (χ1n) is 7.72. The first kappa shape index (κ1) is 15.9. The number of anilines is 1. The second-order valence-corrected chi connectivity index (χ2v) is 5.54. The Kier molecular flexibility index (Phi) is 4.70. The Morgan fingerprint density at radius 3 is 2.62 bits per heavy atom. The predicted molar refractivity (Wildman–Crippen MR) is 91.5 cm³/mol. The zero-order valence-electron chi connectivity index (χ0n) is 13.4.